The molecule has 1 heterocycles. The average Bonchev–Trinajstić information content (AvgIpc) is 2.75. The van der Waals surface area contributed by atoms with Crippen LogP contribution in [0.1, 0.15) is 63.0 Å². The molecule has 166 valence electrons. The lowest BCUT2D eigenvalue weighted by Crippen LogP contribution is -2.49. The van der Waals surface area contributed by atoms with E-state index in [2.05, 4.69) is 20.5 Å². The van der Waals surface area contributed by atoms with Crippen LogP contribution in [0, 0.1) is 23.1 Å². The molecule has 2 aliphatic rings. The lowest BCUT2D eigenvalue weighted by atomic mass is 9.88. The first-order chi connectivity index (χ1) is 14.2. The van der Waals surface area contributed by atoms with Gasteiger partial charge in [-0.05, 0) is 50.7 Å². The van der Waals surface area contributed by atoms with Crippen molar-refractivity contribution in [2.45, 2.75) is 64.5 Å². The van der Waals surface area contributed by atoms with Crippen molar-refractivity contribution in [3.05, 3.63) is 35.1 Å². The van der Waals surface area contributed by atoms with Crippen LogP contribution in [-0.2, 0) is 6.54 Å². The van der Waals surface area contributed by atoms with Crippen LogP contribution in [0.15, 0.2) is 23.2 Å². The summed E-state index contributed by atoms with van der Waals surface area (Å²) >= 11 is 0. The maximum absolute atomic E-state index is 14.1. The van der Waals surface area contributed by atoms with Gasteiger partial charge in [0.2, 0.25) is 0 Å². The average molecular weight is 527 g/mol. The fraction of sp³-hybridized carbons (Fsp3) is 0.652. The molecule has 2 fully saturated rings. The Balaban J connectivity index is 0.00000320. The predicted molar refractivity (Wildman–Crippen MR) is 131 cm³/mol. The van der Waals surface area contributed by atoms with E-state index in [1.54, 1.807) is 12.1 Å². The van der Waals surface area contributed by atoms with Gasteiger partial charge in [-0.25, -0.2) is 9.38 Å². The Hall–Kier alpha value is -1.40. The monoisotopic (exact) mass is 527 g/mol. The molecule has 1 aliphatic carbocycles. The molecule has 0 atom stereocenters. The Morgan fingerprint density at radius 3 is 2.57 bits per heavy atom. The zero-order valence-electron chi connectivity index (χ0n) is 18.0. The van der Waals surface area contributed by atoms with Crippen molar-refractivity contribution in [2.75, 3.05) is 26.2 Å². The van der Waals surface area contributed by atoms with E-state index in [4.69, 9.17) is 5.26 Å². The highest BCUT2D eigenvalue weighted by Crippen LogP contribution is 2.25. The van der Waals surface area contributed by atoms with Crippen LogP contribution in [-0.4, -0.2) is 43.1 Å². The van der Waals surface area contributed by atoms with E-state index in [1.807, 2.05) is 13.0 Å². The molecule has 30 heavy (non-hydrogen) atoms. The summed E-state index contributed by atoms with van der Waals surface area (Å²) in [7, 11) is 0. The molecule has 0 bridgehead atoms. The fourth-order valence-corrected chi connectivity index (χ4v) is 4.42. The normalized spacial score (nSPS) is 19.0. The van der Waals surface area contributed by atoms with Crippen molar-refractivity contribution in [1.82, 2.24) is 15.5 Å². The number of halogens is 2. The van der Waals surface area contributed by atoms with Crippen LogP contribution in [0.5, 0.6) is 0 Å². The Labute approximate surface area is 197 Å². The molecule has 0 aromatic heterocycles. The van der Waals surface area contributed by atoms with E-state index < -0.39 is 0 Å². The number of benzene rings is 1. The first-order valence-corrected chi connectivity index (χ1v) is 11.1. The summed E-state index contributed by atoms with van der Waals surface area (Å²) in [6.07, 6.45) is 9.27. The van der Waals surface area contributed by atoms with Crippen molar-refractivity contribution in [1.29, 1.82) is 5.26 Å². The second-order valence-corrected chi connectivity index (χ2v) is 8.34. The Morgan fingerprint density at radius 1 is 1.20 bits per heavy atom. The first kappa shape index (κ1) is 24.9. The summed E-state index contributed by atoms with van der Waals surface area (Å²) in [5.41, 5.74) is 0.837. The van der Waals surface area contributed by atoms with Gasteiger partial charge in [0.15, 0.2) is 5.96 Å². The maximum atomic E-state index is 14.1. The lowest BCUT2D eigenvalue weighted by Gasteiger charge is -2.36. The number of guanidine groups is 1. The summed E-state index contributed by atoms with van der Waals surface area (Å²) in [5.74, 6) is 1.26. The van der Waals surface area contributed by atoms with E-state index in [1.165, 1.54) is 44.7 Å². The van der Waals surface area contributed by atoms with Crippen LogP contribution in [0.2, 0.25) is 0 Å². The smallest absolute Gasteiger partial charge is 0.191 e. The minimum Gasteiger partial charge on any atom is -0.357 e. The number of piperidine rings is 1. The van der Waals surface area contributed by atoms with E-state index >= 15 is 0 Å². The standard InChI is InChI=1S/C23H34FN5.HI/c1-2-26-23(27-16-20-9-8-19(15-25)14-22(20)24)28-21-10-12-29(13-11-21)17-18-6-4-3-5-7-18;/h8-9,14,18,21H,2-7,10-13,16-17H2,1H3,(H2,26,27,28);1H. The third-order valence-corrected chi connectivity index (χ3v) is 6.10. The molecule has 3 rings (SSSR count). The predicted octanol–water partition coefficient (Wildman–Crippen LogP) is 4.42. The number of aliphatic imine (C=N–C) groups is 1. The van der Waals surface area contributed by atoms with Gasteiger partial charge in [0.25, 0.3) is 0 Å². The molecule has 0 spiro atoms. The van der Waals surface area contributed by atoms with Crippen LogP contribution in [0.3, 0.4) is 0 Å². The molecule has 1 saturated heterocycles. The van der Waals surface area contributed by atoms with E-state index in [0.717, 1.165) is 44.4 Å². The zero-order chi connectivity index (χ0) is 20.5. The largest absolute Gasteiger partial charge is 0.357 e. The van der Waals surface area contributed by atoms with Gasteiger partial charge >= 0.3 is 0 Å². The first-order valence-electron chi connectivity index (χ1n) is 11.1. The molecule has 7 heteroatoms. The molecule has 0 amide bonds. The van der Waals surface area contributed by atoms with Crippen molar-refractivity contribution in [3.8, 4) is 6.07 Å². The second kappa shape index (κ2) is 13.1. The van der Waals surface area contributed by atoms with E-state index in [0.29, 0.717) is 17.2 Å². The minimum atomic E-state index is -0.375. The number of hydrogen-bond acceptors (Lipinski definition) is 3. The van der Waals surface area contributed by atoms with Gasteiger partial charge in [-0.2, -0.15) is 5.26 Å². The van der Waals surface area contributed by atoms with Crippen LogP contribution >= 0.6 is 24.0 Å². The summed E-state index contributed by atoms with van der Waals surface area (Å²) < 4.78 is 14.1. The molecule has 1 aliphatic heterocycles. The Kier molecular flexibility index (Phi) is 10.9. The number of likely N-dealkylation sites (tertiary alicyclic amines) is 1. The number of nitrogens with one attached hydrogen (secondary N) is 2. The van der Waals surface area contributed by atoms with E-state index in [-0.39, 0.29) is 36.3 Å². The highest BCUT2D eigenvalue weighted by atomic mass is 127. The van der Waals surface area contributed by atoms with Crippen molar-refractivity contribution in [3.63, 3.8) is 0 Å². The van der Waals surface area contributed by atoms with Gasteiger partial charge in [-0.1, -0.05) is 25.3 Å². The SMILES string of the molecule is CCNC(=NCc1ccc(C#N)cc1F)NC1CCN(CC2CCCCC2)CC1.I. The number of rotatable bonds is 6. The summed E-state index contributed by atoms with van der Waals surface area (Å²) in [5, 5.41) is 15.7. The maximum Gasteiger partial charge on any atom is 0.191 e. The van der Waals surface area contributed by atoms with Crippen LogP contribution in [0.4, 0.5) is 4.39 Å². The third-order valence-electron chi connectivity index (χ3n) is 6.10. The number of nitrogens with zero attached hydrogens (tertiary/aromatic N) is 3. The number of hydrogen-bond donors (Lipinski definition) is 2. The van der Waals surface area contributed by atoms with Gasteiger partial charge in [0.1, 0.15) is 5.82 Å². The minimum absolute atomic E-state index is 0. The van der Waals surface area contributed by atoms with Gasteiger partial charge in [-0.15, -0.1) is 24.0 Å². The molecule has 1 aromatic rings. The summed E-state index contributed by atoms with van der Waals surface area (Å²) in [6.45, 7) is 6.59. The molecule has 1 saturated carbocycles. The highest BCUT2D eigenvalue weighted by molar-refractivity contribution is 14.0. The van der Waals surface area contributed by atoms with Gasteiger partial charge < -0.3 is 15.5 Å². The molecule has 0 unspecified atom stereocenters. The van der Waals surface area contributed by atoms with Gasteiger partial charge in [0, 0.05) is 37.8 Å². The zero-order valence-corrected chi connectivity index (χ0v) is 20.3. The Morgan fingerprint density at radius 2 is 1.93 bits per heavy atom. The molecular weight excluding hydrogens is 492 g/mol. The van der Waals surface area contributed by atoms with E-state index in [9.17, 15) is 4.39 Å². The van der Waals surface area contributed by atoms with Gasteiger partial charge in [-0.3, -0.25) is 0 Å². The molecule has 2 N–H and O–H groups in total. The highest BCUT2D eigenvalue weighted by Gasteiger charge is 2.23. The quantitative estimate of drug-likeness (QED) is 0.327. The van der Waals surface area contributed by atoms with Crippen molar-refractivity contribution in [2.24, 2.45) is 10.9 Å². The fourth-order valence-electron chi connectivity index (χ4n) is 4.42. The summed E-state index contributed by atoms with van der Waals surface area (Å²) in [6, 6.07) is 6.91. The van der Waals surface area contributed by atoms with Crippen LogP contribution in [0.25, 0.3) is 0 Å². The topological polar surface area (TPSA) is 63.5 Å². The summed E-state index contributed by atoms with van der Waals surface area (Å²) in [4.78, 5) is 7.19. The molecule has 5 nitrogen and oxygen atoms in total. The van der Waals surface area contributed by atoms with Crippen molar-refractivity contribution < 1.29 is 4.39 Å². The number of nitriles is 1. The second-order valence-electron chi connectivity index (χ2n) is 8.34. The lowest BCUT2D eigenvalue weighted by molar-refractivity contribution is 0.160. The molecule has 1 aromatic carbocycles. The molecular formula is C23H35FIN5. The third kappa shape index (κ3) is 7.69. The van der Waals surface area contributed by atoms with Gasteiger partial charge in [0.05, 0.1) is 18.2 Å². The van der Waals surface area contributed by atoms with Crippen LogP contribution < -0.4 is 10.6 Å². The van der Waals surface area contributed by atoms with Crippen molar-refractivity contribution >= 4 is 29.9 Å². The Bertz CT molecular complexity index is 719. The molecule has 0 radical (unpaired) electrons.